The van der Waals surface area contributed by atoms with E-state index in [1.807, 2.05) is 25.4 Å². The summed E-state index contributed by atoms with van der Waals surface area (Å²) in [4.78, 5) is 6.63. The molecule has 5 heteroatoms. The molecule has 1 aliphatic rings. The number of likely N-dealkylation sites (N-methyl/N-ethyl adjacent to an activating group) is 1. The Balaban J connectivity index is 2.04. The lowest BCUT2D eigenvalue weighted by molar-refractivity contribution is 0.343. The van der Waals surface area contributed by atoms with E-state index in [0.717, 1.165) is 10.8 Å². The highest BCUT2D eigenvalue weighted by atomic mass is 32.1. The number of pyridine rings is 1. The average molecular weight is 300 g/mol. The first-order valence-electron chi connectivity index (χ1n) is 7.20. The van der Waals surface area contributed by atoms with Crippen molar-refractivity contribution in [2.75, 3.05) is 7.05 Å². The van der Waals surface area contributed by atoms with Crippen molar-refractivity contribution >= 4 is 17.3 Å². The number of nitrogens with one attached hydrogen (secondary N) is 1. The normalized spacial score (nSPS) is 21.9. The van der Waals surface area contributed by atoms with E-state index in [4.69, 9.17) is 12.2 Å². The van der Waals surface area contributed by atoms with Crippen LogP contribution in [0.1, 0.15) is 43.4 Å². The summed E-state index contributed by atoms with van der Waals surface area (Å²) < 4.78 is 2.30. The summed E-state index contributed by atoms with van der Waals surface area (Å²) >= 11 is 5.46. The molecule has 21 heavy (non-hydrogen) atoms. The summed E-state index contributed by atoms with van der Waals surface area (Å²) in [6.07, 6.45) is 3.96. The molecule has 2 atom stereocenters. The molecule has 1 N–H and O–H groups in total. The monoisotopic (exact) mass is 300 g/mol. The van der Waals surface area contributed by atoms with Gasteiger partial charge in [0, 0.05) is 31.2 Å². The van der Waals surface area contributed by atoms with E-state index in [1.165, 1.54) is 5.69 Å². The summed E-state index contributed by atoms with van der Waals surface area (Å²) in [5.74, 6) is 0. The number of hydrogen-bond acceptors (Lipinski definition) is 2. The summed E-state index contributed by atoms with van der Waals surface area (Å²) in [6, 6.07) is 10.9. The van der Waals surface area contributed by atoms with Crippen LogP contribution in [-0.4, -0.2) is 26.6 Å². The first-order valence-corrected chi connectivity index (χ1v) is 7.61. The molecular weight excluding hydrogens is 280 g/mol. The van der Waals surface area contributed by atoms with Crippen LogP contribution >= 0.6 is 12.2 Å². The van der Waals surface area contributed by atoms with Crippen molar-refractivity contribution < 1.29 is 0 Å². The Kier molecular flexibility index (Phi) is 3.68. The first kappa shape index (κ1) is 14.1. The van der Waals surface area contributed by atoms with Crippen LogP contribution in [0.2, 0.25) is 0 Å². The lowest BCUT2D eigenvalue weighted by Gasteiger charge is -2.27. The Morgan fingerprint density at radius 3 is 2.71 bits per heavy atom. The third-order valence-corrected chi connectivity index (χ3v) is 4.42. The van der Waals surface area contributed by atoms with Gasteiger partial charge in [-0.25, -0.2) is 0 Å². The van der Waals surface area contributed by atoms with E-state index in [9.17, 15) is 0 Å². The smallest absolute Gasteiger partial charge is 0.169 e. The third kappa shape index (κ3) is 2.42. The molecule has 0 aromatic carbocycles. The molecule has 0 aliphatic carbocycles. The first-order chi connectivity index (χ1) is 10.1. The summed E-state index contributed by atoms with van der Waals surface area (Å²) in [5.41, 5.74) is 2.28. The molecule has 1 fully saturated rings. The predicted molar refractivity (Wildman–Crippen MR) is 88.0 cm³/mol. The van der Waals surface area contributed by atoms with Crippen LogP contribution < -0.4 is 5.32 Å². The predicted octanol–water partition coefficient (Wildman–Crippen LogP) is 3.07. The summed E-state index contributed by atoms with van der Waals surface area (Å²) in [6.45, 7) is 4.39. The zero-order valence-electron chi connectivity index (χ0n) is 12.5. The Morgan fingerprint density at radius 2 is 2.05 bits per heavy atom. The van der Waals surface area contributed by atoms with E-state index in [1.54, 1.807) is 0 Å². The highest BCUT2D eigenvalue weighted by molar-refractivity contribution is 7.80. The minimum absolute atomic E-state index is 0.0797. The van der Waals surface area contributed by atoms with Crippen LogP contribution in [-0.2, 0) is 0 Å². The van der Waals surface area contributed by atoms with Gasteiger partial charge in [0.15, 0.2) is 5.11 Å². The van der Waals surface area contributed by atoms with Crippen LogP contribution in [0.4, 0.5) is 0 Å². The van der Waals surface area contributed by atoms with Crippen molar-refractivity contribution in [3.05, 3.63) is 54.1 Å². The molecule has 3 rings (SSSR count). The van der Waals surface area contributed by atoms with Crippen molar-refractivity contribution in [3.8, 4) is 0 Å². The van der Waals surface area contributed by atoms with Crippen molar-refractivity contribution in [3.63, 3.8) is 0 Å². The average Bonchev–Trinajstić information content (AvgIpc) is 3.06. The molecule has 2 aromatic heterocycles. The SMILES string of the molecule is CC(C)n1cccc1[C@H]1[C@H](c2ccccn2)NC(=S)N1C. The van der Waals surface area contributed by atoms with Gasteiger partial charge in [-0.15, -0.1) is 0 Å². The van der Waals surface area contributed by atoms with Gasteiger partial charge in [0.1, 0.15) is 0 Å². The molecule has 0 saturated carbocycles. The van der Waals surface area contributed by atoms with Crippen molar-refractivity contribution in [1.82, 2.24) is 19.8 Å². The lowest BCUT2D eigenvalue weighted by atomic mass is 10.0. The third-order valence-electron chi connectivity index (χ3n) is 4.01. The van der Waals surface area contributed by atoms with E-state index in [2.05, 4.69) is 58.0 Å². The Labute approximate surface area is 130 Å². The van der Waals surface area contributed by atoms with Crippen molar-refractivity contribution in [2.45, 2.75) is 32.0 Å². The molecule has 0 unspecified atom stereocenters. The molecule has 0 spiro atoms. The molecule has 1 aliphatic heterocycles. The van der Waals surface area contributed by atoms with Gasteiger partial charge in [0.05, 0.1) is 17.8 Å². The van der Waals surface area contributed by atoms with Gasteiger partial charge in [0.25, 0.3) is 0 Å². The topological polar surface area (TPSA) is 33.1 Å². The Bertz CT molecular complexity index is 635. The molecule has 0 amide bonds. The lowest BCUT2D eigenvalue weighted by Crippen LogP contribution is -2.26. The number of thiocarbonyl (C=S) groups is 1. The minimum Gasteiger partial charge on any atom is -0.352 e. The fraction of sp³-hybridized carbons (Fsp3) is 0.375. The van der Waals surface area contributed by atoms with Gasteiger partial charge in [-0.3, -0.25) is 4.98 Å². The standard InChI is InChI=1S/C16H20N4S/c1-11(2)20-10-6-8-13(20)15-14(18-16(21)19(15)3)12-7-4-5-9-17-12/h4-11,14-15H,1-3H3,(H,18,21)/t14-,15-/m0/s1. The maximum absolute atomic E-state index is 5.46. The number of nitrogens with zero attached hydrogens (tertiary/aromatic N) is 3. The van der Waals surface area contributed by atoms with Gasteiger partial charge < -0.3 is 14.8 Å². The maximum Gasteiger partial charge on any atom is 0.169 e. The number of rotatable bonds is 3. The zero-order valence-corrected chi connectivity index (χ0v) is 13.3. The van der Waals surface area contributed by atoms with E-state index >= 15 is 0 Å². The maximum atomic E-state index is 5.46. The van der Waals surface area contributed by atoms with Crippen LogP contribution in [0, 0.1) is 0 Å². The van der Waals surface area contributed by atoms with Gasteiger partial charge in [0.2, 0.25) is 0 Å². The number of aromatic nitrogens is 2. The molecule has 0 radical (unpaired) electrons. The fourth-order valence-corrected chi connectivity index (χ4v) is 3.20. The van der Waals surface area contributed by atoms with Gasteiger partial charge >= 0.3 is 0 Å². The molecule has 110 valence electrons. The Hall–Kier alpha value is -1.88. The molecule has 2 aromatic rings. The highest BCUT2D eigenvalue weighted by Crippen LogP contribution is 2.38. The Morgan fingerprint density at radius 1 is 1.24 bits per heavy atom. The second-order valence-electron chi connectivity index (χ2n) is 5.67. The zero-order chi connectivity index (χ0) is 15.0. The highest BCUT2D eigenvalue weighted by Gasteiger charge is 2.39. The summed E-state index contributed by atoms with van der Waals surface area (Å²) in [7, 11) is 2.04. The van der Waals surface area contributed by atoms with Gasteiger partial charge in [-0.2, -0.15) is 0 Å². The quantitative estimate of drug-likeness (QED) is 0.883. The second-order valence-corrected chi connectivity index (χ2v) is 6.06. The van der Waals surface area contributed by atoms with E-state index < -0.39 is 0 Å². The van der Waals surface area contributed by atoms with Gasteiger partial charge in [-0.1, -0.05) is 6.07 Å². The van der Waals surface area contributed by atoms with Crippen LogP contribution in [0.15, 0.2) is 42.7 Å². The molecule has 4 nitrogen and oxygen atoms in total. The number of hydrogen-bond donors (Lipinski definition) is 1. The van der Waals surface area contributed by atoms with Crippen molar-refractivity contribution in [1.29, 1.82) is 0 Å². The van der Waals surface area contributed by atoms with Crippen LogP contribution in [0.3, 0.4) is 0 Å². The fourth-order valence-electron chi connectivity index (χ4n) is 2.96. The molecular formula is C16H20N4S. The second kappa shape index (κ2) is 5.48. The van der Waals surface area contributed by atoms with Crippen molar-refractivity contribution in [2.24, 2.45) is 0 Å². The van der Waals surface area contributed by atoms with Crippen LogP contribution in [0.25, 0.3) is 0 Å². The van der Waals surface area contributed by atoms with Gasteiger partial charge in [-0.05, 0) is 50.3 Å². The van der Waals surface area contributed by atoms with E-state index in [-0.39, 0.29) is 12.1 Å². The molecule has 1 saturated heterocycles. The van der Waals surface area contributed by atoms with Crippen LogP contribution in [0.5, 0.6) is 0 Å². The molecule has 0 bridgehead atoms. The summed E-state index contributed by atoms with van der Waals surface area (Å²) in [5, 5.41) is 4.18. The minimum atomic E-state index is 0.0797. The van der Waals surface area contributed by atoms with E-state index in [0.29, 0.717) is 6.04 Å². The molecule has 3 heterocycles. The largest absolute Gasteiger partial charge is 0.352 e.